The zero-order valence-corrected chi connectivity index (χ0v) is 23.7. The quantitative estimate of drug-likeness (QED) is 0.291. The summed E-state index contributed by atoms with van der Waals surface area (Å²) >= 11 is 6.52. The Labute approximate surface area is 227 Å². The van der Waals surface area contributed by atoms with E-state index < -0.39 is 0 Å². The molecule has 0 unspecified atom stereocenters. The lowest BCUT2D eigenvalue weighted by atomic mass is 10.0. The van der Waals surface area contributed by atoms with Gasteiger partial charge in [0.1, 0.15) is 5.75 Å². The first kappa shape index (κ1) is 29.4. The van der Waals surface area contributed by atoms with Crippen molar-refractivity contribution in [1.82, 2.24) is 0 Å². The molecule has 0 aliphatic carbocycles. The second-order valence-electron chi connectivity index (χ2n) is 8.98. The van der Waals surface area contributed by atoms with Crippen LogP contribution in [0.3, 0.4) is 0 Å². The topological polar surface area (TPSA) is 67.6 Å². The molecule has 0 saturated heterocycles. The van der Waals surface area contributed by atoms with Gasteiger partial charge in [0.05, 0.1) is 18.8 Å². The van der Waals surface area contributed by atoms with E-state index in [0.717, 1.165) is 28.1 Å². The highest BCUT2D eigenvalue weighted by atomic mass is 35.5. The van der Waals surface area contributed by atoms with Crippen molar-refractivity contribution in [2.45, 2.75) is 59.4 Å². The van der Waals surface area contributed by atoms with Crippen molar-refractivity contribution in [2.24, 2.45) is 0 Å². The van der Waals surface area contributed by atoms with Crippen molar-refractivity contribution >= 4 is 48.2 Å². The van der Waals surface area contributed by atoms with Crippen molar-refractivity contribution in [3.8, 4) is 5.75 Å². The summed E-state index contributed by atoms with van der Waals surface area (Å²) in [5, 5.41) is 3.73. The van der Waals surface area contributed by atoms with Crippen LogP contribution in [0.4, 0.5) is 21.9 Å². The van der Waals surface area contributed by atoms with Gasteiger partial charge >= 0.3 is 6.03 Å². The van der Waals surface area contributed by atoms with Gasteiger partial charge in [0, 0.05) is 16.4 Å². The molecule has 3 N–H and O–H groups in total. The highest BCUT2D eigenvalue weighted by Gasteiger charge is 2.26. The number of halogens is 1. The number of nitrogens with two attached hydrogens (primary N) is 1. The van der Waals surface area contributed by atoms with Gasteiger partial charge < -0.3 is 15.8 Å². The highest BCUT2D eigenvalue weighted by Crippen LogP contribution is 2.36. The molecular formula is C29H38ClN3O2S. The number of carbonyl (C=O) groups is 1. The van der Waals surface area contributed by atoms with Crippen LogP contribution in [0.1, 0.15) is 68.8 Å². The molecule has 0 radical (unpaired) electrons. The normalized spacial score (nSPS) is 11.6. The van der Waals surface area contributed by atoms with Crippen LogP contribution in [0.25, 0.3) is 0 Å². The second-order valence-corrected chi connectivity index (χ2v) is 9.39. The monoisotopic (exact) mass is 527 g/mol. The Morgan fingerprint density at radius 1 is 0.972 bits per heavy atom. The van der Waals surface area contributed by atoms with Gasteiger partial charge in [-0.2, -0.15) is 13.5 Å². The van der Waals surface area contributed by atoms with Crippen LogP contribution in [0.2, 0.25) is 5.02 Å². The van der Waals surface area contributed by atoms with Gasteiger partial charge in [0.2, 0.25) is 0 Å². The van der Waals surface area contributed by atoms with Crippen LogP contribution in [-0.4, -0.2) is 13.1 Å². The van der Waals surface area contributed by atoms with Gasteiger partial charge in [-0.1, -0.05) is 63.6 Å². The Bertz CT molecular complexity index is 1140. The first-order valence-electron chi connectivity index (χ1n) is 12.2. The third-order valence-corrected chi connectivity index (χ3v) is 6.84. The maximum absolute atomic E-state index is 13.9. The predicted molar refractivity (Wildman–Crippen MR) is 158 cm³/mol. The minimum atomic E-state index is -0.239. The number of urea groups is 1. The Hall–Kier alpha value is -2.83. The van der Waals surface area contributed by atoms with E-state index in [1.807, 2.05) is 57.2 Å². The molecule has 2 amide bonds. The Morgan fingerprint density at radius 2 is 1.53 bits per heavy atom. The Balaban J connectivity index is 0.00000456. The van der Waals surface area contributed by atoms with E-state index in [4.69, 9.17) is 22.1 Å². The summed E-state index contributed by atoms with van der Waals surface area (Å²) in [6.07, 6.45) is 1.36. The van der Waals surface area contributed by atoms with Gasteiger partial charge in [0.15, 0.2) is 0 Å². The summed E-state index contributed by atoms with van der Waals surface area (Å²) in [6, 6.07) is 17.2. The summed E-state index contributed by atoms with van der Waals surface area (Å²) < 4.78 is 5.31. The van der Waals surface area contributed by atoms with E-state index in [2.05, 4.69) is 31.3 Å². The SMILES string of the molecule is CCc1c(N)cc(Cl)c(CC)c1NC(=O)N(c1ccc(C(C)C)cc1)[C@@H](C)c1ccc(OC)cc1.S. The molecule has 0 heterocycles. The van der Waals surface area contributed by atoms with Crippen molar-refractivity contribution < 1.29 is 9.53 Å². The standard InChI is InChI=1S/C29H36ClN3O2.H2S/c1-7-24-26(30)17-27(31)25(8-2)28(24)32-29(34)33(22-13-9-20(10-14-22)18(3)4)19(5)21-11-15-23(35-6)16-12-21;/h9-19H,7-8,31H2,1-6H3,(H,32,34);1H2/t19-;/m0./s1. The van der Waals surface area contributed by atoms with E-state index in [1.54, 1.807) is 18.1 Å². The molecule has 1 atom stereocenters. The summed E-state index contributed by atoms with van der Waals surface area (Å²) in [5.41, 5.74) is 12.4. The van der Waals surface area contributed by atoms with Crippen LogP contribution < -0.4 is 20.7 Å². The van der Waals surface area contributed by atoms with Crippen LogP contribution >= 0.6 is 25.1 Å². The summed E-state index contributed by atoms with van der Waals surface area (Å²) in [5.74, 6) is 1.17. The first-order chi connectivity index (χ1) is 16.7. The number of methoxy groups -OCH3 is 1. The fourth-order valence-electron chi connectivity index (χ4n) is 4.37. The molecule has 0 saturated carbocycles. The fraction of sp³-hybridized carbons (Fsp3) is 0.345. The number of benzene rings is 3. The molecule has 0 bridgehead atoms. The van der Waals surface area contributed by atoms with Gasteiger partial charge in [-0.15, -0.1) is 0 Å². The molecule has 0 fully saturated rings. The summed E-state index contributed by atoms with van der Waals surface area (Å²) in [4.78, 5) is 15.7. The van der Waals surface area contributed by atoms with E-state index in [0.29, 0.717) is 35.2 Å². The Morgan fingerprint density at radius 3 is 2.03 bits per heavy atom. The molecule has 0 aromatic heterocycles. The third-order valence-electron chi connectivity index (χ3n) is 6.50. The van der Waals surface area contributed by atoms with Crippen molar-refractivity contribution in [1.29, 1.82) is 0 Å². The minimum absolute atomic E-state index is 0. The molecule has 5 nitrogen and oxygen atoms in total. The summed E-state index contributed by atoms with van der Waals surface area (Å²) in [7, 11) is 1.64. The van der Waals surface area contributed by atoms with E-state index in [1.165, 1.54) is 5.56 Å². The lowest BCUT2D eigenvalue weighted by Crippen LogP contribution is -2.37. The van der Waals surface area contributed by atoms with E-state index >= 15 is 0 Å². The van der Waals surface area contributed by atoms with Crippen LogP contribution in [0.15, 0.2) is 54.6 Å². The van der Waals surface area contributed by atoms with Crippen LogP contribution in [-0.2, 0) is 12.8 Å². The number of nitrogens with one attached hydrogen (secondary N) is 1. The smallest absolute Gasteiger partial charge is 0.326 e. The van der Waals surface area contributed by atoms with Gasteiger partial charge in [0.25, 0.3) is 0 Å². The zero-order valence-electron chi connectivity index (χ0n) is 22.0. The largest absolute Gasteiger partial charge is 0.497 e. The van der Waals surface area contributed by atoms with Gasteiger partial charge in [-0.25, -0.2) is 4.79 Å². The molecule has 3 aromatic carbocycles. The number of ether oxygens (including phenoxy) is 1. The second kappa shape index (κ2) is 12.9. The average molecular weight is 528 g/mol. The number of hydrogen-bond acceptors (Lipinski definition) is 3. The lowest BCUT2D eigenvalue weighted by Gasteiger charge is -2.31. The van der Waals surface area contributed by atoms with Gasteiger partial charge in [-0.05, 0) is 78.3 Å². The van der Waals surface area contributed by atoms with Gasteiger partial charge in [-0.3, -0.25) is 4.90 Å². The molecule has 0 aliphatic rings. The number of hydrogen-bond donors (Lipinski definition) is 2. The molecule has 0 spiro atoms. The molecule has 7 heteroatoms. The number of carbonyl (C=O) groups excluding carboxylic acids is 1. The predicted octanol–water partition coefficient (Wildman–Crippen LogP) is 8.09. The first-order valence-corrected chi connectivity index (χ1v) is 12.5. The average Bonchev–Trinajstić information content (AvgIpc) is 2.84. The number of anilines is 3. The number of nitrogens with zero attached hydrogens (tertiary/aromatic N) is 1. The van der Waals surface area contributed by atoms with Crippen molar-refractivity contribution in [3.05, 3.63) is 81.9 Å². The molecular weight excluding hydrogens is 490 g/mol. The highest BCUT2D eigenvalue weighted by molar-refractivity contribution is 7.59. The number of rotatable bonds is 8. The fourth-order valence-corrected chi connectivity index (χ4v) is 4.71. The van der Waals surface area contributed by atoms with Crippen LogP contribution in [0.5, 0.6) is 5.75 Å². The maximum Gasteiger partial charge on any atom is 0.326 e. The summed E-state index contributed by atoms with van der Waals surface area (Å²) in [6.45, 7) is 10.4. The Kier molecular flexibility index (Phi) is 10.6. The van der Waals surface area contributed by atoms with E-state index in [-0.39, 0.29) is 25.6 Å². The molecule has 36 heavy (non-hydrogen) atoms. The zero-order chi connectivity index (χ0) is 25.7. The van der Waals surface area contributed by atoms with E-state index in [9.17, 15) is 4.79 Å². The minimum Gasteiger partial charge on any atom is -0.497 e. The number of nitrogen functional groups attached to an aromatic ring is 1. The molecule has 0 aliphatic heterocycles. The third kappa shape index (κ3) is 6.29. The van der Waals surface area contributed by atoms with Crippen LogP contribution in [0, 0.1) is 0 Å². The lowest BCUT2D eigenvalue weighted by molar-refractivity contribution is 0.255. The molecule has 3 rings (SSSR count). The maximum atomic E-state index is 13.9. The van der Waals surface area contributed by atoms with Crippen molar-refractivity contribution in [2.75, 3.05) is 23.1 Å². The molecule has 3 aromatic rings. The van der Waals surface area contributed by atoms with Crippen molar-refractivity contribution in [3.63, 3.8) is 0 Å². The number of amides is 2. The molecule has 194 valence electrons.